The fourth-order valence-electron chi connectivity index (χ4n) is 2.01. The molecule has 1 aromatic rings. The first-order chi connectivity index (χ1) is 10.5. The summed E-state index contributed by atoms with van der Waals surface area (Å²) >= 11 is 0. The van der Waals surface area contributed by atoms with Gasteiger partial charge in [0, 0.05) is 32.0 Å². The maximum Gasteiger partial charge on any atom is 0.317 e. The SMILES string of the molecule is C[C@H]([C@H](C)S(C)(=O)=O)N(C)C(=O)NCCc1ccc(F)cc1F. The number of nitrogens with one attached hydrogen (secondary N) is 1. The van der Waals surface area contributed by atoms with Gasteiger partial charge in [0.1, 0.15) is 11.6 Å². The topological polar surface area (TPSA) is 66.5 Å². The minimum atomic E-state index is -3.26. The maximum atomic E-state index is 13.5. The number of hydrogen-bond acceptors (Lipinski definition) is 3. The lowest BCUT2D eigenvalue weighted by Gasteiger charge is -2.29. The second kappa shape index (κ2) is 7.72. The van der Waals surface area contributed by atoms with E-state index in [1.807, 2.05) is 0 Å². The van der Waals surface area contributed by atoms with Crippen LogP contribution in [0.4, 0.5) is 13.6 Å². The van der Waals surface area contributed by atoms with E-state index >= 15 is 0 Å². The number of benzene rings is 1. The van der Waals surface area contributed by atoms with E-state index in [4.69, 9.17) is 0 Å². The number of amides is 2. The lowest BCUT2D eigenvalue weighted by Crippen LogP contribution is -2.48. The van der Waals surface area contributed by atoms with Crippen LogP contribution in [-0.4, -0.2) is 50.5 Å². The molecule has 1 aromatic carbocycles. The van der Waals surface area contributed by atoms with E-state index in [0.29, 0.717) is 5.56 Å². The Kier molecular flexibility index (Phi) is 6.49. The summed E-state index contributed by atoms with van der Waals surface area (Å²) in [6.45, 7) is 3.34. The average Bonchev–Trinajstić information content (AvgIpc) is 2.46. The van der Waals surface area contributed by atoms with Crippen molar-refractivity contribution in [2.24, 2.45) is 0 Å². The summed E-state index contributed by atoms with van der Waals surface area (Å²) in [5.41, 5.74) is 0.298. The molecule has 0 aliphatic carbocycles. The van der Waals surface area contributed by atoms with Gasteiger partial charge in [-0.2, -0.15) is 0 Å². The Morgan fingerprint density at radius 1 is 1.30 bits per heavy atom. The monoisotopic (exact) mass is 348 g/mol. The van der Waals surface area contributed by atoms with Gasteiger partial charge in [-0.05, 0) is 31.9 Å². The number of carbonyl (C=O) groups excluding carboxylic acids is 1. The van der Waals surface area contributed by atoms with Crippen LogP contribution >= 0.6 is 0 Å². The van der Waals surface area contributed by atoms with Gasteiger partial charge >= 0.3 is 6.03 Å². The maximum absolute atomic E-state index is 13.5. The van der Waals surface area contributed by atoms with Crippen molar-refractivity contribution < 1.29 is 22.0 Å². The molecule has 0 aliphatic heterocycles. The summed E-state index contributed by atoms with van der Waals surface area (Å²) in [5, 5.41) is 1.89. The zero-order valence-electron chi connectivity index (χ0n) is 13.6. The van der Waals surface area contributed by atoms with E-state index in [1.165, 1.54) is 24.9 Å². The van der Waals surface area contributed by atoms with Crippen LogP contribution in [0.2, 0.25) is 0 Å². The molecule has 0 aromatic heterocycles. The number of hydrogen-bond donors (Lipinski definition) is 1. The molecule has 0 unspecified atom stereocenters. The van der Waals surface area contributed by atoms with Crippen molar-refractivity contribution in [1.82, 2.24) is 10.2 Å². The fraction of sp³-hybridized carbons (Fsp3) is 0.533. The van der Waals surface area contributed by atoms with E-state index < -0.39 is 38.8 Å². The summed E-state index contributed by atoms with van der Waals surface area (Å²) in [6, 6.07) is 2.32. The number of sulfone groups is 1. The normalized spacial score (nSPS) is 14.2. The zero-order valence-corrected chi connectivity index (χ0v) is 14.5. The Hall–Kier alpha value is -1.70. The van der Waals surface area contributed by atoms with E-state index in [9.17, 15) is 22.0 Å². The van der Waals surface area contributed by atoms with Crippen LogP contribution in [0.5, 0.6) is 0 Å². The van der Waals surface area contributed by atoms with Crippen LogP contribution in [0.1, 0.15) is 19.4 Å². The van der Waals surface area contributed by atoms with Gasteiger partial charge in [0.2, 0.25) is 0 Å². The molecule has 2 atom stereocenters. The van der Waals surface area contributed by atoms with Gasteiger partial charge < -0.3 is 10.2 Å². The van der Waals surface area contributed by atoms with Gasteiger partial charge in [0.25, 0.3) is 0 Å². The van der Waals surface area contributed by atoms with Crippen molar-refractivity contribution >= 4 is 15.9 Å². The van der Waals surface area contributed by atoms with Crippen LogP contribution in [0.25, 0.3) is 0 Å². The molecule has 0 radical (unpaired) electrons. The van der Waals surface area contributed by atoms with Crippen molar-refractivity contribution in [1.29, 1.82) is 0 Å². The van der Waals surface area contributed by atoms with Crippen molar-refractivity contribution in [3.8, 4) is 0 Å². The van der Waals surface area contributed by atoms with Gasteiger partial charge in [-0.15, -0.1) is 0 Å². The highest BCUT2D eigenvalue weighted by atomic mass is 32.2. The summed E-state index contributed by atoms with van der Waals surface area (Å²) in [6.07, 6.45) is 1.33. The average molecular weight is 348 g/mol. The van der Waals surface area contributed by atoms with Crippen LogP contribution < -0.4 is 5.32 Å². The lowest BCUT2D eigenvalue weighted by molar-refractivity contribution is 0.193. The fourth-order valence-corrected chi connectivity index (χ4v) is 2.91. The third-order valence-corrected chi connectivity index (χ3v) is 5.72. The van der Waals surface area contributed by atoms with Crippen LogP contribution in [0, 0.1) is 11.6 Å². The third-order valence-electron chi connectivity index (χ3n) is 3.97. The first-order valence-corrected chi connectivity index (χ1v) is 9.13. The summed E-state index contributed by atoms with van der Waals surface area (Å²) in [4.78, 5) is 13.3. The Morgan fingerprint density at radius 2 is 1.91 bits per heavy atom. The second-order valence-electron chi connectivity index (χ2n) is 5.60. The van der Waals surface area contributed by atoms with E-state index in [-0.39, 0.29) is 13.0 Å². The standard InChI is InChI=1S/C15H22F2N2O3S/c1-10(11(2)23(4,21)22)19(3)15(20)18-8-7-12-5-6-13(16)9-14(12)17/h5-6,9-11H,7-8H2,1-4H3,(H,18,20)/t10-,11+/m1/s1. The molecule has 0 saturated heterocycles. The molecule has 0 heterocycles. The molecule has 8 heteroatoms. The molecule has 130 valence electrons. The largest absolute Gasteiger partial charge is 0.338 e. The molecule has 1 rings (SSSR count). The number of rotatable bonds is 6. The Labute approximate surface area is 135 Å². The molecule has 0 bridgehead atoms. The zero-order chi connectivity index (χ0) is 17.8. The molecule has 2 amide bonds. The predicted molar refractivity (Wildman–Crippen MR) is 85.0 cm³/mol. The van der Waals surface area contributed by atoms with Gasteiger partial charge in [0.15, 0.2) is 9.84 Å². The van der Waals surface area contributed by atoms with Gasteiger partial charge in [-0.1, -0.05) is 6.07 Å². The molecule has 0 saturated carbocycles. The molecular formula is C15H22F2N2O3S. The Bertz CT molecular complexity index is 665. The van der Waals surface area contributed by atoms with E-state index in [1.54, 1.807) is 6.92 Å². The minimum absolute atomic E-state index is 0.158. The van der Waals surface area contributed by atoms with E-state index in [0.717, 1.165) is 18.4 Å². The van der Waals surface area contributed by atoms with Gasteiger partial charge in [-0.3, -0.25) is 0 Å². The lowest BCUT2D eigenvalue weighted by atomic mass is 10.1. The molecule has 0 aliphatic rings. The Balaban J connectivity index is 2.56. The first kappa shape index (κ1) is 19.3. The van der Waals surface area contributed by atoms with Crippen molar-refractivity contribution in [2.45, 2.75) is 31.6 Å². The third kappa shape index (κ3) is 5.46. The van der Waals surface area contributed by atoms with Gasteiger partial charge in [-0.25, -0.2) is 22.0 Å². The highest BCUT2D eigenvalue weighted by Gasteiger charge is 2.27. The highest BCUT2D eigenvalue weighted by Crippen LogP contribution is 2.11. The quantitative estimate of drug-likeness (QED) is 0.855. The van der Waals surface area contributed by atoms with Crippen molar-refractivity contribution in [3.05, 3.63) is 35.4 Å². The summed E-state index contributed by atoms with van der Waals surface area (Å²) in [5.74, 6) is -1.31. The number of carbonyl (C=O) groups is 1. The first-order valence-electron chi connectivity index (χ1n) is 7.17. The van der Waals surface area contributed by atoms with Crippen LogP contribution in [0.15, 0.2) is 18.2 Å². The van der Waals surface area contributed by atoms with E-state index in [2.05, 4.69) is 5.32 Å². The number of urea groups is 1. The smallest absolute Gasteiger partial charge is 0.317 e. The number of halogens is 2. The molecule has 1 N–H and O–H groups in total. The Morgan fingerprint density at radius 3 is 2.43 bits per heavy atom. The minimum Gasteiger partial charge on any atom is -0.338 e. The van der Waals surface area contributed by atoms with Gasteiger partial charge in [0.05, 0.1) is 5.25 Å². The van der Waals surface area contributed by atoms with Crippen LogP contribution in [0.3, 0.4) is 0 Å². The highest BCUT2D eigenvalue weighted by molar-refractivity contribution is 7.91. The molecule has 0 spiro atoms. The molecular weight excluding hydrogens is 326 g/mol. The molecule has 5 nitrogen and oxygen atoms in total. The molecule has 0 fully saturated rings. The summed E-state index contributed by atoms with van der Waals surface area (Å²) < 4.78 is 49.3. The van der Waals surface area contributed by atoms with Crippen molar-refractivity contribution in [3.63, 3.8) is 0 Å². The second-order valence-corrected chi connectivity index (χ2v) is 8.01. The van der Waals surface area contributed by atoms with Crippen molar-refractivity contribution in [2.75, 3.05) is 19.8 Å². The summed E-state index contributed by atoms with van der Waals surface area (Å²) in [7, 11) is -1.76. The molecule has 23 heavy (non-hydrogen) atoms. The van der Waals surface area contributed by atoms with Crippen LogP contribution in [-0.2, 0) is 16.3 Å². The predicted octanol–water partition coefficient (Wildman–Crippen LogP) is 1.97. The number of nitrogens with zero attached hydrogens (tertiary/aromatic N) is 1.